The normalized spacial score (nSPS) is 20.8. The van der Waals surface area contributed by atoms with E-state index in [-0.39, 0.29) is 0 Å². The molecule has 102 valence electrons. The van der Waals surface area contributed by atoms with Gasteiger partial charge in [0, 0.05) is 19.4 Å². The summed E-state index contributed by atoms with van der Waals surface area (Å²) in [6, 6.07) is 0. The van der Waals surface area contributed by atoms with E-state index in [2.05, 4.69) is 20.0 Å². The highest BCUT2D eigenvalue weighted by molar-refractivity contribution is 4.99. The van der Waals surface area contributed by atoms with Crippen molar-refractivity contribution in [3.63, 3.8) is 0 Å². The van der Waals surface area contributed by atoms with Crippen LogP contribution in [0, 0.1) is 13.8 Å². The van der Waals surface area contributed by atoms with Crippen LogP contribution in [0.1, 0.15) is 42.1 Å². The Kier molecular flexibility index (Phi) is 3.33. The maximum Gasteiger partial charge on any atom is 0.223 e. The van der Waals surface area contributed by atoms with Crippen molar-refractivity contribution in [3.8, 4) is 0 Å². The molecule has 0 saturated carbocycles. The average Bonchev–Trinajstić information content (AvgIpc) is 2.99. The molecule has 1 saturated heterocycles. The van der Waals surface area contributed by atoms with Gasteiger partial charge in [0.1, 0.15) is 5.76 Å². The average molecular weight is 262 g/mol. The number of likely N-dealkylation sites (tertiary alicyclic amines) is 1. The van der Waals surface area contributed by atoms with Crippen LogP contribution in [0.15, 0.2) is 15.1 Å². The Morgan fingerprint density at radius 3 is 3.00 bits per heavy atom. The molecular weight excluding hydrogens is 244 g/mol. The summed E-state index contributed by atoms with van der Waals surface area (Å²) in [5, 5.41) is 4.03. The predicted molar refractivity (Wildman–Crippen MR) is 67.5 cm³/mol. The zero-order valence-corrected chi connectivity index (χ0v) is 11.3. The van der Waals surface area contributed by atoms with E-state index in [1.54, 1.807) is 6.20 Å². The van der Waals surface area contributed by atoms with E-state index in [1.807, 2.05) is 13.8 Å². The highest BCUT2D eigenvalue weighted by atomic mass is 16.5. The van der Waals surface area contributed by atoms with Gasteiger partial charge in [0.05, 0.1) is 12.7 Å². The minimum absolute atomic E-state index is 0.349. The molecule has 0 spiro atoms. The molecule has 1 aliphatic heterocycles. The summed E-state index contributed by atoms with van der Waals surface area (Å²) < 4.78 is 10.6. The molecule has 2 aromatic heterocycles. The van der Waals surface area contributed by atoms with Crippen LogP contribution in [0.3, 0.4) is 0 Å². The number of piperidine rings is 1. The van der Waals surface area contributed by atoms with Gasteiger partial charge in [-0.15, -0.1) is 0 Å². The lowest BCUT2D eigenvalue weighted by Gasteiger charge is -2.30. The van der Waals surface area contributed by atoms with E-state index in [0.717, 1.165) is 50.0 Å². The smallest absolute Gasteiger partial charge is 0.223 e. The Labute approximate surface area is 111 Å². The molecule has 0 aromatic carbocycles. The van der Waals surface area contributed by atoms with Crippen LogP contribution < -0.4 is 0 Å². The van der Waals surface area contributed by atoms with Gasteiger partial charge in [0.2, 0.25) is 11.8 Å². The van der Waals surface area contributed by atoms with Crippen molar-refractivity contribution in [3.05, 3.63) is 29.6 Å². The van der Waals surface area contributed by atoms with Crippen molar-refractivity contribution in [2.75, 3.05) is 13.1 Å². The van der Waals surface area contributed by atoms with E-state index < -0.39 is 0 Å². The first-order chi connectivity index (χ1) is 9.20. The lowest BCUT2D eigenvalue weighted by Crippen LogP contribution is -2.34. The van der Waals surface area contributed by atoms with Crippen LogP contribution >= 0.6 is 0 Å². The monoisotopic (exact) mass is 262 g/mol. The first-order valence-electron chi connectivity index (χ1n) is 6.64. The minimum Gasteiger partial charge on any atom is -0.445 e. The van der Waals surface area contributed by atoms with Crippen molar-refractivity contribution in [1.82, 2.24) is 20.0 Å². The third-order valence-corrected chi connectivity index (χ3v) is 3.44. The summed E-state index contributed by atoms with van der Waals surface area (Å²) in [5.74, 6) is 3.45. The van der Waals surface area contributed by atoms with Crippen LogP contribution in [0.4, 0.5) is 0 Å². The molecule has 2 aromatic rings. The van der Waals surface area contributed by atoms with Crippen molar-refractivity contribution < 1.29 is 8.94 Å². The fourth-order valence-corrected chi connectivity index (χ4v) is 2.56. The van der Waals surface area contributed by atoms with Crippen molar-refractivity contribution in [1.29, 1.82) is 0 Å². The van der Waals surface area contributed by atoms with Gasteiger partial charge in [-0.3, -0.25) is 4.90 Å². The molecule has 0 unspecified atom stereocenters. The second-order valence-corrected chi connectivity index (χ2v) is 5.11. The number of aryl methyl sites for hydroxylation is 2. The second kappa shape index (κ2) is 5.13. The standard InChI is InChI=1S/C13H18N4O2/c1-9-6-14-12(18-9)8-17-5-3-4-11(7-17)13-15-10(2)19-16-13/h6,11H,3-5,7-8H2,1-2H3/t11-/m0/s1. The van der Waals surface area contributed by atoms with Crippen molar-refractivity contribution >= 4 is 0 Å². The molecule has 1 atom stereocenters. The van der Waals surface area contributed by atoms with Gasteiger partial charge in [-0.05, 0) is 26.3 Å². The van der Waals surface area contributed by atoms with Gasteiger partial charge in [-0.25, -0.2) is 4.98 Å². The molecule has 6 heteroatoms. The SMILES string of the molecule is Cc1cnc(CN2CCC[C@H](c3noc(C)n3)C2)o1. The molecule has 1 fully saturated rings. The largest absolute Gasteiger partial charge is 0.445 e. The molecule has 0 radical (unpaired) electrons. The third kappa shape index (κ3) is 2.84. The molecule has 3 rings (SSSR count). The van der Waals surface area contributed by atoms with Gasteiger partial charge < -0.3 is 8.94 Å². The van der Waals surface area contributed by atoms with Crippen molar-refractivity contribution in [2.45, 2.75) is 39.2 Å². The van der Waals surface area contributed by atoms with E-state index >= 15 is 0 Å². The van der Waals surface area contributed by atoms with E-state index in [4.69, 9.17) is 8.94 Å². The predicted octanol–water partition coefficient (Wildman–Crippen LogP) is 2.05. The topological polar surface area (TPSA) is 68.2 Å². The molecule has 0 amide bonds. The summed E-state index contributed by atoms with van der Waals surface area (Å²) in [7, 11) is 0. The Bertz CT molecular complexity index is 548. The minimum atomic E-state index is 0.349. The number of rotatable bonds is 3. The van der Waals surface area contributed by atoms with Crippen LogP contribution in [0.2, 0.25) is 0 Å². The summed E-state index contributed by atoms with van der Waals surface area (Å²) >= 11 is 0. The van der Waals surface area contributed by atoms with Gasteiger partial charge in [0.15, 0.2) is 5.82 Å². The summed E-state index contributed by atoms with van der Waals surface area (Å²) in [6.45, 7) is 6.49. The Morgan fingerprint density at radius 1 is 1.42 bits per heavy atom. The Morgan fingerprint density at radius 2 is 2.32 bits per heavy atom. The van der Waals surface area contributed by atoms with Gasteiger partial charge in [0.25, 0.3) is 0 Å². The first-order valence-corrected chi connectivity index (χ1v) is 6.64. The third-order valence-electron chi connectivity index (χ3n) is 3.44. The van der Waals surface area contributed by atoms with Crippen molar-refractivity contribution in [2.24, 2.45) is 0 Å². The van der Waals surface area contributed by atoms with Gasteiger partial charge >= 0.3 is 0 Å². The highest BCUT2D eigenvalue weighted by Crippen LogP contribution is 2.25. The summed E-state index contributed by atoms with van der Waals surface area (Å²) in [6.07, 6.45) is 4.01. The zero-order chi connectivity index (χ0) is 13.2. The van der Waals surface area contributed by atoms with E-state index in [9.17, 15) is 0 Å². The highest BCUT2D eigenvalue weighted by Gasteiger charge is 2.25. The van der Waals surface area contributed by atoms with Crippen LogP contribution in [-0.4, -0.2) is 33.1 Å². The molecular formula is C13H18N4O2. The van der Waals surface area contributed by atoms with Gasteiger partial charge in [-0.1, -0.05) is 5.16 Å². The van der Waals surface area contributed by atoms with Gasteiger partial charge in [-0.2, -0.15) is 4.98 Å². The Hall–Kier alpha value is -1.69. The lowest BCUT2D eigenvalue weighted by atomic mass is 9.97. The maximum absolute atomic E-state index is 5.53. The molecule has 0 bridgehead atoms. The van der Waals surface area contributed by atoms with E-state index in [0.29, 0.717) is 11.8 Å². The zero-order valence-electron chi connectivity index (χ0n) is 11.3. The molecule has 3 heterocycles. The molecule has 0 aliphatic carbocycles. The van der Waals surface area contributed by atoms with Crippen LogP contribution in [0.25, 0.3) is 0 Å². The number of oxazole rings is 1. The summed E-state index contributed by atoms with van der Waals surface area (Å²) in [5.41, 5.74) is 0. The molecule has 1 aliphatic rings. The first kappa shape index (κ1) is 12.3. The number of hydrogen-bond acceptors (Lipinski definition) is 6. The summed E-state index contributed by atoms with van der Waals surface area (Å²) in [4.78, 5) is 10.9. The second-order valence-electron chi connectivity index (χ2n) is 5.11. The number of hydrogen-bond donors (Lipinski definition) is 0. The van der Waals surface area contributed by atoms with E-state index in [1.165, 1.54) is 0 Å². The molecule has 0 N–H and O–H groups in total. The van der Waals surface area contributed by atoms with Crippen LogP contribution in [0.5, 0.6) is 0 Å². The fourth-order valence-electron chi connectivity index (χ4n) is 2.56. The number of nitrogens with zero attached hydrogens (tertiary/aromatic N) is 4. The Balaban J connectivity index is 1.64. The molecule has 6 nitrogen and oxygen atoms in total. The number of aromatic nitrogens is 3. The molecule has 19 heavy (non-hydrogen) atoms. The van der Waals surface area contributed by atoms with Crippen LogP contribution in [-0.2, 0) is 6.54 Å². The quantitative estimate of drug-likeness (QED) is 0.843. The maximum atomic E-state index is 5.53. The fraction of sp³-hybridized carbons (Fsp3) is 0.615. The lowest BCUT2D eigenvalue weighted by molar-refractivity contribution is 0.178.